The van der Waals surface area contributed by atoms with Gasteiger partial charge in [0.1, 0.15) is 6.04 Å². The predicted molar refractivity (Wildman–Crippen MR) is 180 cm³/mol. The van der Waals surface area contributed by atoms with Crippen molar-refractivity contribution in [2.45, 2.75) is 45.1 Å². The Morgan fingerprint density at radius 2 is 1.73 bits per heavy atom. The summed E-state index contributed by atoms with van der Waals surface area (Å²) in [4.78, 5) is 39.3. The van der Waals surface area contributed by atoms with E-state index in [1.165, 1.54) is 0 Å². The summed E-state index contributed by atoms with van der Waals surface area (Å²) in [5.74, 6) is -0.185. The van der Waals surface area contributed by atoms with E-state index < -0.39 is 6.04 Å². The van der Waals surface area contributed by atoms with Crippen molar-refractivity contribution in [3.8, 4) is 11.1 Å². The summed E-state index contributed by atoms with van der Waals surface area (Å²) < 4.78 is 0. The van der Waals surface area contributed by atoms with Crippen molar-refractivity contribution in [3.63, 3.8) is 0 Å². The number of nitrogens with one attached hydrogen (secondary N) is 4. The van der Waals surface area contributed by atoms with Crippen LogP contribution in [0.15, 0.2) is 66.9 Å². The molecule has 3 amide bonds. The van der Waals surface area contributed by atoms with E-state index in [-0.39, 0.29) is 36.0 Å². The first-order valence-corrected chi connectivity index (χ1v) is 15.3. The van der Waals surface area contributed by atoms with Gasteiger partial charge in [-0.2, -0.15) is 5.10 Å². The van der Waals surface area contributed by atoms with Gasteiger partial charge in [0.25, 0.3) is 5.91 Å². The van der Waals surface area contributed by atoms with E-state index in [0.29, 0.717) is 43.2 Å². The average molecular weight is 632 g/mol. The maximum Gasteiger partial charge on any atom is 0.251 e. The number of amides is 3. The van der Waals surface area contributed by atoms with E-state index >= 15 is 0 Å². The number of hydrogen-bond donors (Lipinski definition) is 6. The lowest BCUT2D eigenvalue weighted by Crippen LogP contribution is -2.48. The Kier molecular flexibility index (Phi) is 11.7. The fraction of sp³-hybridized carbons (Fsp3) is 0.353. The topological polar surface area (TPSA) is 168 Å². The minimum absolute atomic E-state index is 0. The lowest BCUT2D eigenvalue weighted by Gasteiger charge is -2.28. The number of fused-ring (bicyclic) bond motifs is 1. The number of H-pyrrole nitrogens is 1. The van der Waals surface area contributed by atoms with Crippen LogP contribution >= 0.6 is 12.4 Å². The lowest BCUT2D eigenvalue weighted by atomic mass is 9.81. The Labute approximate surface area is 269 Å². The van der Waals surface area contributed by atoms with Gasteiger partial charge in [-0.05, 0) is 97.7 Å². The highest BCUT2D eigenvalue weighted by Crippen LogP contribution is 2.29. The second kappa shape index (κ2) is 15.7. The normalized spacial score (nSPS) is 16.8. The fourth-order valence-electron chi connectivity index (χ4n) is 5.88. The second-order valence-electron chi connectivity index (χ2n) is 11.7. The standard InChI is InChI=1S/C34H41N7O3.ClH/c1-21-16-26(32(42)37-15-14-35)11-13-29(21)24-6-2-22(3-7-24)17-31(40-33(43)25-8-4-23(19-36)5-9-25)34(44)39-28-12-10-27-20-38-41-30(27)18-28;/h2-3,6-7,10-13,16,18,20,23,25,31H,4-5,8-9,14-15,17,19,35-36H2,1H3,(H,37,42)(H,38,41)(H,39,44)(H,40,43);1H/t23-,25-,31-;/m0./s1. The third kappa shape index (κ3) is 8.48. The summed E-state index contributed by atoms with van der Waals surface area (Å²) >= 11 is 0. The first-order chi connectivity index (χ1) is 21.3. The van der Waals surface area contributed by atoms with Crippen molar-refractivity contribution >= 4 is 46.7 Å². The zero-order valence-corrected chi connectivity index (χ0v) is 26.3. The fourth-order valence-corrected chi connectivity index (χ4v) is 5.88. The predicted octanol–water partition coefficient (Wildman–Crippen LogP) is 4.08. The Balaban J connectivity index is 0.00000461. The maximum absolute atomic E-state index is 13.6. The Morgan fingerprint density at radius 3 is 2.42 bits per heavy atom. The van der Waals surface area contributed by atoms with Crippen molar-refractivity contribution < 1.29 is 14.4 Å². The molecule has 0 spiro atoms. The molecule has 11 heteroatoms. The van der Waals surface area contributed by atoms with Crippen LogP contribution in [0.5, 0.6) is 0 Å². The maximum atomic E-state index is 13.6. The third-order valence-corrected chi connectivity index (χ3v) is 8.52. The summed E-state index contributed by atoms with van der Waals surface area (Å²) in [6.07, 6.45) is 5.47. The number of anilines is 1. The van der Waals surface area contributed by atoms with Crippen LogP contribution in [0, 0.1) is 18.8 Å². The van der Waals surface area contributed by atoms with Crippen LogP contribution in [0.25, 0.3) is 22.0 Å². The molecule has 0 aliphatic heterocycles. The van der Waals surface area contributed by atoms with E-state index in [1.807, 2.05) is 61.5 Å². The molecule has 4 aromatic rings. The number of aryl methyl sites for hydroxylation is 1. The van der Waals surface area contributed by atoms with Crippen LogP contribution < -0.4 is 27.4 Å². The highest BCUT2D eigenvalue weighted by molar-refractivity contribution is 5.99. The number of rotatable bonds is 11. The van der Waals surface area contributed by atoms with Gasteiger partial charge < -0.3 is 27.4 Å². The molecule has 0 radical (unpaired) electrons. The van der Waals surface area contributed by atoms with Gasteiger partial charge >= 0.3 is 0 Å². The van der Waals surface area contributed by atoms with E-state index in [1.54, 1.807) is 12.3 Å². The molecule has 1 heterocycles. The molecule has 0 unspecified atom stereocenters. The largest absolute Gasteiger partial charge is 0.351 e. The van der Waals surface area contributed by atoms with E-state index in [2.05, 4.69) is 26.1 Å². The molecule has 3 aromatic carbocycles. The summed E-state index contributed by atoms with van der Waals surface area (Å²) in [5, 5.41) is 16.7. The number of halogens is 1. The molecule has 0 bridgehead atoms. The summed E-state index contributed by atoms with van der Waals surface area (Å²) in [5.41, 5.74) is 17.3. The summed E-state index contributed by atoms with van der Waals surface area (Å²) in [6.45, 7) is 3.43. The monoisotopic (exact) mass is 631 g/mol. The Bertz CT molecular complexity index is 1610. The number of nitrogens with two attached hydrogens (primary N) is 2. The summed E-state index contributed by atoms with van der Waals surface area (Å²) in [6, 6.07) is 18.4. The van der Waals surface area contributed by atoms with Crippen molar-refractivity contribution in [3.05, 3.63) is 83.6 Å². The zero-order valence-electron chi connectivity index (χ0n) is 25.5. The van der Waals surface area contributed by atoms with Crippen LogP contribution in [0.3, 0.4) is 0 Å². The van der Waals surface area contributed by atoms with Crippen LogP contribution in [0.4, 0.5) is 5.69 Å². The van der Waals surface area contributed by atoms with Gasteiger partial charge in [0.05, 0.1) is 11.7 Å². The van der Waals surface area contributed by atoms with Crippen molar-refractivity contribution in [1.29, 1.82) is 0 Å². The van der Waals surface area contributed by atoms with Gasteiger partial charge in [-0.15, -0.1) is 12.4 Å². The molecule has 45 heavy (non-hydrogen) atoms. The molecule has 238 valence electrons. The molecule has 8 N–H and O–H groups in total. The number of carbonyl (C=O) groups is 3. The molecule has 5 rings (SSSR count). The molecule has 1 aliphatic rings. The molecule has 1 fully saturated rings. The smallest absolute Gasteiger partial charge is 0.251 e. The molecule has 0 saturated heterocycles. The number of benzene rings is 3. The SMILES string of the molecule is Cc1cc(C(=O)NCCN)ccc1-c1ccc(C[C@H](NC(=O)[C@H]2CC[C@H](CN)CC2)C(=O)Nc2ccc3cn[nH]c3c2)cc1.Cl. The molecule has 1 saturated carbocycles. The highest BCUT2D eigenvalue weighted by atomic mass is 35.5. The lowest BCUT2D eigenvalue weighted by molar-refractivity contribution is -0.130. The number of nitrogens with zero attached hydrogens (tertiary/aromatic N) is 1. The number of aromatic amines is 1. The molecule has 10 nitrogen and oxygen atoms in total. The van der Waals surface area contributed by atoms with Crippen LogP contribution in [0.1, 0.15) is 47.2 Å². The second-order valence-corrected chi connectivity index (χ2v) is 11.7. The molecular weight excluding hydrogens is 590 g/mol. The average Bonchev–Trinajstić information content (AvgIpc) is 3.51. The number of carbonyl (C=O) groups excluding carboxylic acids is 3. The summed E-state index contributed by atoms with van der Waals surface area (Å²) in [7, 11) is 0. The van der Waals surface area contributed by atoms with Gasteiger partial charge in [0, 0.05) is 42.1 Å². The van der Waals surface area contributed by atoms with Gasteiger partial charge in [0.15, 0.2) is 0 Å². The van der Waals surface area contributed by atoms with Gasteiger partial charge in [-0.3, -0.25) is 19.5 Å². The van der Waals surface area contributed by atoms with Gasteiger partial charge in [-0.1, -0.05) is 30.3 Å². The van der Waals surface area contributed by atoms with Crippen molar-refractivity contribution in [1.82, 2.24) is 20.8 Å². The van der Waals surface area contributed by atoms with Gasteiger partial charge in [0.2, 0.25) is 11.8 Å². The van der Waals surface area contributed by atoms with Crippen LogP contribution in [-0.4, -0.2) is 53.6 Å². The molecule has 1 atom stereocenters. The number of hydrogen-bond acceptors (Lipinski definition) is 6. The minimum atomic E-state index is -0.758. The Hall–Kier alpha value is -4.25. The van der Waals surface area contributed by atoms with E-state index in [4.69, 9.17) is 11.5 Å². The minimum Gasteiger partial charge on any atom is -0.351 e. The molecule has 1 aromatic heterocycles. The van der Waals surface area contributed by atoms with Gasteiger partial charge in [-0.25, -0.2) is 0 Å². The first-order valence-electron chi connectivity index (χ1n) is 15.3. The Morgan fingerprint density at radius 1 is 0.978 bits per heavy atom. The van der Waals surface area contributed by atoms with E-state index in [9.17, 15) is 14.4 Å². The third-order valence-electron chi connectivity index (χ3n) is 8.52. The van der Waals surface area contributed by atoms with Crippen LogP contribution in [0.2, 0.25) is 0 Å². The first kappa shape index (κ1) is 33.6. The molecular formula is C34H42ClN7O3. The highest BCUT2D eigenvalue weighted by Gasteiger charge is 2.29. The quantitative estimate of drug-likeness (QED) is 0.146. The molecule has 1 aliphatic carbocycles. The number of aromatic nitrogens is 2. The van der Waals surface area contributed by atoms with Crippen molar-refractivity contribution in [2.75, 3.05) is 25.0 Å². The van der Waals surface area contributed by atoms with E-state index in [0.717, 1.165) is 58.8 Å². The zero-order chi connectivity index (χ0) is 31.1. The van der Waals surface area contributed by atoms with Crippen molar-refractivity contribution in [2.24, 2.45) is 23.3 Å². The van der Waals surface area contributed by atoms with Crippen LogP contribution in [-0.2, 0) is 16.0 Å².